The fraction of sp³-hybridized carbons (Fsp3) is 0.649. The van der Waals surface area contributed by atoms with Crippen molar-refractivity contribution in [3.8, 4) is 0 Å². The molecule has 5 nitrogen and oxygen atoms in total. The van der Waals surface area contributed by atoms with Crippen LogP contribution >= 0.6 is 0 Å². The van der Waals surface area contributed by atoms with Crippen LogP contribution in [0.4, 0.5) is 0 Å². The van der Waals surface area contributed by atoms with Crippen LogP contribution in [0, 0.1) is 0 Å². The normalized spacial score (nSPS) is 20.9. The second-order valence-corrected chi connectivity index (χ2v) is 25.1. The third kappa shape index (κ3) is 14.1. The molecule has 0 aliphatic carbocycles. The summed E-state index contributed by atoms with van der Waals surface area (Å²) in [5, 5.41) is 0.183. The minimum atomic E-state index is -2.03. The van der Waals surface area contributed by atoms with Gasteiger partial charge in [0.15, 0.2) is 16.6 Å². The molecule has 1 heterocycles. The molecule has 0 amide bonds. The van der Waals surface area contributed by atoms with Crippen LogP contribution in [0.3, 0.4) is 0 Å². The van der Waals surface area contributed by atoms with Gasteiger partial charge in [-0.2, -0.15) is 0 Å². The lowest BCUT2D eigenvalue weighted by atomic mass is 9.95. The third-order valence-corrected chi connectivity index (χ3v) is 18.2. The van der Waals surface area contributed by atoms with Crippen LogP contribution in [0.2, 0.25) is 36.3 Å². The largest absolute Gasteiger partial charge is 0.456 e. The van der Waals surface area contributed by atoms with Crippen molar-refractivity contribution in [2.24, 2.45) is 0 Å². The number of allylic oxidation sites excluding steroid dienone is 2. The Balaban J connectivity index is 2.98. The van der Waals surface area contributed by atoms with Gasteiger partial charge in [-0.1, -0.05) is 95.2 Å². The lowest BCUT2D eigenvalue weighted by Gasteiger charge is -2.38. The Hall–Kier alpha value is -1.78. The Morgan fingerprint density at radius 2 is 1.59 bits per heavy atom. The molecule has 0 radical (unpaired) electrons. The van der Waals surface area contributed by atoms with Crippen LogP contribution in [0.5, 0.6) is 0 Å². The van der Waals surface area contributed by atoms with Gasteiger partial charge >= 0.3 is 5.97 Å². The SMILES string of the molecule is C=CC[C@H]1CC(=C)C[C@@H](/C=C(\C)C[C@@H](CO[Si](C)(C)C(C)(C)C)OC(=O)/C=C/C=C(/C)CC(C=C)O[Si](C)(C)C(C)(C)C)O1. The molecule has 7 heteroatoms. The second kappa shape index (κ2) is 17.2. The van der Waals surface area contributed by atoms with E-state index in [2.05, 4.69) is 100 Å². The summed E-state index contributed by atoms with van der Waals surface area (Å²) < 4.78 is 25.3. The van der Waals surface area contributed by atoms with Gasteiger partial charge in [0, 0.05) is 12.5 Å². The van der Waals surface area contributed by atoms with Gasteiger partial charge < -0.3 is 18.3 Å². The molecule has 0 bridgehead atoms. The van der Waals surface area contributed by atoms with Gasteiger partial charge in [0.05, 0.1) is 24.9 Å². The van der Waals surface area contributed by atoms with Crippen molar-refractivity contribution in [1.29, 1.82) is 0 Å². The van der Waals surface area contributed by atoms with Crippen LogP contribution in [-0.2, 0) is 23.1 Å². The van der Waals surface area contributed by atoms with E-state index in [4.69, 9.17) is 18.3 Å². The quantitative estimate of drug-likeness (QED) is 0.0550. The van der Waals surface area contributed by atoms with Crippen LogP contribution in [0.15, 0.2) is 72.9 Å². The van der Waals surface area contributed by atoms with E-state index in [1.165, 1.54) is 11.6 Å². The van der Waals surface area contributed by atoms with Crippen LogP contribution in [0.1, 0.15) is 87.5 Å². The molecule has 0 spiro atoms. The summed E-state index contributed by atoms with van der Waals surface area (Å²) in [4.78, 5) is 13.0. The second-order valence-electron chi connectivity index (χ2n) is 15.6. The van der Waals surface area contributed by atoms with Gasteiger partial charge in [-0.25, -0.2) is 4.79 Å². The van der Waals surface area contributed by atoms with E-state index in [0.717, 1.165) is 36.8 Å². The van der Waals surface area contributed by atoms with E-state index in [9.17, 15) is 4.79 Å². The summed E-state index contributed by atoms with van der Waals surface area (Å²) in [7, 11) is -3.95. The number of esters is 1. The highest BCUT2D eigenvalue weighted by atomic mass is 28.4. The molecule has 1 aliphatic heterocycles. The average molecular weight is 645 g/mol. The molecule has 1 fully saturated rings. The first-order valence-corrected chi connectivity index (χ1v) is 22.0. The van der Waals surface area contributed by atoms with Crippen molar-refractivity contribution < 1.29 is 23.1 Å². The molecule has 1 aliphatic rings. The number of ether oxygens (including phenoxy) is 2. The van der Waals surface area contributed by atoms with Crippen LogP contribution in [-0.4, -0.2) is 53.6 Å². The molecule has 1 unspecified atom stereocenters. The summed E-state index contributed by atoms with van der Waals surface area (Å²) in [5.74, 6) is -0.378. The average Bonchev–Trinajstić information content (AvgIpc) is 2.85. The number of carbonyl (C=O) groups is 1. The Kier molecular flexibility index (Phi) is 15.8. The summed E-state index contributed by atoms with van der Waals surface area (Å²) in [6.07, 6.45) is 14.5. The number of rotatable bonds is 16. The van der Waals surface area contributed by atoms with Gasteiger partial charge in [0.2, 0.25) is 0 Å². The molecule has 0 N–H and O–H groups in total. The van der Waals surface area contributed by atoms with E-state index in [1.807, 2.05) is 25.2 Å². The van der Waals surface area contributed by atoms with Crippen molar-refractivity contribution in [1.82, 2.24) is 0 Å². The zero-order valence-electron chi connectivity index (χ0n) is 30.2. The summed E-state index contributed by atoms with van der Waals surface area (Å²) in [6.45, 7) is 38.8. The standard InChI is InChI=1S/C37H64O5Si2/c1-16-19-32-23-29(4)24-33(40-32)25-30(5)26-34(27-39-43(12,13)36(6,7)8)41-35(38)21-18-20-28(3)22-31(17-2)42-44(14,15)37(9,10)11/h16-18,20-21,25,31-34H,1-2,4,19,22-24,26-27H2,3,5-15H3/b21-18+,28-20-,30-25+/t31?,32-,33-,34-/m0/s1. The molecule has 0 saturated carbocycles. The van der Waals surface area contributed by atoms with Gasteiger partial charge in [-0.15, -0.1) is 13.2 Å². The Labute approximate surface area is 272 Å². The van der Waals surface area contributed by atoms with Crippen molar-refractivity contribution in [3.05, 3.63) is 72.9 Å². The Bertz CT molecular complexity index is 1070. The smallest absolute Gasteiger partial charge is 0.331 e. The van der Waals surface area contributed by atoms with Crippen molar-refractivity contribution in [2.75, 3.05) is 6.61 Å². The van der Waals surface area contributed by atoms with Crippen molar-refractivity contribution in [3.63, 3.8) is 0 Å². The van der Waals surface area contributed by atoms with Gasteiger partial charge in [0.1, 0.15) is 6.10 Å². The molecule has 0 aromatic heterocycles. The highest BCUT2D eigenvalue weighted by Gasteiger charge is 2.39. The van der Waals surface area contributed by atoms with Gasteiger partial charge in [-0.05, 0) is 75.8 Å². The zero-order valence-corrected chi connectivity index (χ0v) is 32.2. The minimum absolute atomic E-state index is 0.0353. The van der Waals surface area contributed by atoms with Crippen molar-refractivity contribution in [2.45, 2.75) is 148 Å². The summed E-state index contributed by atoms with van der Waals surface area (Å²) in [6, 6.07) is 0. The molecule has 0 aromatic rings. The van der Waals surface area contributed by atoms with Crippen LogP contribution < -0.4 is 0 Å². The van der Waals surface area contributed by atoms with Gasteiger partial charge in [-0.3, -0.25) is 0 Å². The van der Waals surface area contributed by atoms with E-state index in [1.54, 1.807) is 6.08 Å². The van der Waals surface area contributed by atoms with E-state index in [-0.39, 0.29) is 34.4 Å². The first-order valence-electron chi connectivity index (χ1n) is 16.2. The maximum Gasteiger partial charge on any atom is 0.331 e. The monoisotopic (exact) mass is 644 g/mol. The molecule has 250 valence electrons. The number of carbonyl (C=O) groups excluding carboxylic acids is 1. The molecule has 4 atom stereocenters. The van der Waals surface area contributed by atoms with E-state index >= 15 is 0 Å². The fourth-order valence-corrected chi connectivity index (χ4v) is 6.79. The molecule has 0 aromatic carbocycles. The molecule has 1 saturated heterocycles. The number of hydrogen-bond acceptors (Lipinski definition) is 5. The van der Waals surface area contributed by atoms with E-state index in [0.29, 0.717) is 13.0 Å². The first-order chi connectivity index (χ1) is 20.1. The third-order valence-electron chi connectivity index (χ3n) is 9.19. The Morgan fingerprint density at radius 3 is 2.14 bits per heavy atom. The van der Waals surface area contributed by atoms with E-state index < -0.39 is 22.7 Å². The molecule has 1 rings (SSSR count). The number of hydrogen-bond donors (Lipinski definition) is 0. The highest BCUT2D eigenvalue weighted by molar-refractivity contribution is 6.74. The maximum absolute atomic E-state index is 13.0. The molecule has 44 heavy (non-hydrogen) atoms. The zero-order chi connectivity index (χ0) is 33.9. The predicted octanol–water partition coefficient (Wildman–Crippen LogP) is 10.4. The summed E-state index contributed by atoms with van der Waals surface area (Å²) >= 11 is 0. The highest BCUT2D eigenvalue weighted by Crippen LogP contribution is 2.38. The van der Waals surface area contributed by atoms with Gasteiger partial charge in [0.25, 0.3) is 0 Å². The maximum atomic E-state index is 13.0. The lowest BCUT2D eigenvalue weighted by molar-refractivity contribution is -0.144. The molecular formula is C37H64O5Si2. The predicted molar refractivity (Wildman–Crippen MR) is 193 cm³/mol. The van der Waals surface area contributed by atoms with Crippen LogP contribution in [0.25, 0.3) is 0 Å². The minimum Gasteiger partial charge on any atom is -0.456 e. The topological polar surface area (TPSA) is 54.0 Å². The first kappa shape index (κ1) is 40.2. The fourth-order valence-electron chi connectivity index (χ4n) is 4.46. The Morgan fingerprint density at radius 1 is 0.977 bits per heavy atom. The lowest BCUT2D eigenvalue weighted by Crippen LogP contribution is -2.43. The van der Waals surface area contributed by atoms with Crippen molar-refractivity contribution >= 4 is 22.6 Å². The molecular weight excluding hydrogens is 581 g/mol. The summed E-state index contributed by atoms with van der Waals surface area (Å²) in [5.41, 5.74) is 3.41.